The van der Waals surface area contributed by atoms with Gasteiger partial charge in [0.15, 0.2) is 0 Å². The minimum Gasteiger partial charge on any atom is -0.341 e. The molecule has 1 aromatic heterocycles. The fraction of sp³-hybridized carbons (Fsp3) is 0.111. The Labute approximate surface area is 135 Å². The van der Waals surface area contributed by atoms with Crippen molar-refractivity contribution < 1.29 is 4.79 Å². The van der Waals surface area contributed by atoms with Crippen molar-refractivity contribution in [1.29, 1.82) is 0 Å². The molecule has 0 unspecified atom stereocenters. The van der Waals surface area contributed by atoms with Crippen LogP contribution in [0.4, 0.5) is 10.5 Å². The van der Waals surface area contributed by atoms with Crippen LogP contribution in [0.15, 0.2) is 67.0 Å². The average molecular weight is 306 g/mol. The van der Waals surface area contributed by atoms with E-state index < -0.39 is 0 Å². The highest BCUT2D eigenvalue weighted by molar-refractivity contribution is 5.89. The summed E-state index contributed by atoms with van der Waals surface area (Å²) in [5.41, 5.74) is 4.12. The molecule has 5 nitrogen and oxygen atoms in total. The van der Waals surface area contributed by atoms with Crippen LogP contribution in [-0.4, -0.2) is 22.9 Å². The Morgan fingerprint density at radius 2 is 1.96 bits per heavy atom. The molecular weight excluding hydrogens is 288 g/mol. The molecule has 1 heterocycles. The summed E-state index contributed by atoms with van der Waals surface area (Å²) in [6, 6.07) is 17.8. The largest absolute Gasteiger partial charge is 0.341 e. The number of rotatable bonds is 4. The zero-order valence-corrected chi connectivity index (χ0v) is 12.9. The summed E-state index contributed by atoms with van der Waals surface area (Å²) >= 11 is 0. The highest BCUT2D eigenvalue weighted by Crippen LogP contribution is 2.27. The molecule has 3 rings (SSSR count). The lowest BCUT2D eigenvalue weighted by atomic mass is 9.99. The molecule has 5 heteroatoms. The second kappa shape index (κ2) is 6.79. The Kier molecular flexibility index (Phi) is 4.38. The molecule has 0 spiro atoms. The second-order valence-electron chi connectivity index (χ2n) is 5.15. The normalized spacial score (nSPS) is 10.3. The molecule has 0 bridgehead atoms. The SMILES string of the molecule is CNC(=O)Nc1ccc(-c2ccccc2)c(Cn2cccn2)c1. The van der Waals surface area contributed by atoms with E-state index in [9.17, 15) is 4.79 Å². The number of carbonyl (C=O) groups excluding carboxylic acids is 1. The van der Waals surface area contributed by atoms with Crippen molar-refractivity contribution in [3.63, 3.8) is 0 Å². The van der Waals surface area contributed by atoms with Crippen LogP contribution in [0.1, 0.15) is 5.56 Å². The third-order valence-electron chi connectivity index (χ3n) is 3.57. The van der Waals surface area contributed by atoms with Crippen LogP contribution in [-0.2, 0) is 6.54 Å². The third-order valence-corrected chi connectivity index (χ3v) is 3.57. The number of nitrogens with zero attached hydrogens (tertiary/aromatic N) is 2. The van der Waals surface area contributed by atoms with Gasteiger partial charge in [-0.1, -0.05) is 36.4 Å². The second-order valence-corrected chi connectivity index (χ2v) is 5.15. The maximum Gasteiger partial charge on any atom is 0.318 e. The van der Waals surface area contributed by atoms with Gasteiger partial charge in [-0.05, 0) is 34.9 Å². The van der Waals surface area contributed by atoms with E-state index in [0.29, 0.717) is 6.54 Å². The molecule has 0 saturated carbocycles. The standard InChI is InChI=1S/C18H18N4O/c1-19-18(23)21-16-8-9-17(14-6-3-2-4-7-14)15(12-16)13-22-11-5-10-20-22/h2-12H,13H2,1H3,(H2,19,21,23). The summed E-state index contributed by atoms with van der Waals surface area (Å²) < 4.78 is 1.87. The van der Waals surface area contributed by atoms with Crippen LogP contribution >= 0.6 is 0 Å². The minimum atomic E-state index is -0.234. The number of urea groups is 1. The molecule has 0 radical (unpaired) electrons. The zero-order chi connectivity index (χ0) is 16.1. The Bertz CT molecular complexity index is 782. The summed E-state index contributed by atoms with van der Waals surface area (Å²) in [5.74, 6) is 0. The predicted octanol–water partition coefficient (Wildman–Crippen LogP) is 3.35. The molecule has 23 heavy (non-hydrogen) atoms. The van der Waals surface area contributed by atoms with Gasteiger partial charge in [-0.15, -0.1) is 0 Å². The maximum atomic E-state index is 11.5. The van der Waals surface area contributed by atoms with Crippen molar-refractivity contribution in [2.75, 3.05) is 12.4 Å². The van der Waals surface area contributed by atoms with Crippen LogP contribution in [0.2, 0.25) is 0 Å². The first-order chi connectivity index (χ1) is 11.3. The molecule has 2 N–H and O–H groups in total. The van der Waals surface area contributed by atoms with Gasteiger partial charge in [0.25, 0.3) is 0 Å². The van der Waals surface area contributed by atoms with Gasteiger partial charge in [-0.2, -0.15) is 5.10 Å². The molecule has 0 fully saturated rings. The van der Waals surface area contributed by atoms with E-state index in [-0.39, 0.29) is 6.03 Å². The summed E-state index contributed by atoms with van der Waals surface area (Å²) in [7, 11) is 1.60. The number of hydrogen-bond donors (Lipinski definition) is 2. The fourth-order valence-electron chi connectivity index (χ4n) is 2.46. The van der Waals surface area contributed by atoms with Gasteiger partial charge in [0.05, 0.1) is 6.54 Å². The number of carbonyl (C=O) groups is 1. The van der Waals surface area contributed by atoms with Crippen molar-refractivity contribution in [1.82, 2.24) is 15.1 Å². The van der Waals surface area contributed by atoms with E-state index in [1.165, 1.54) is 0 Å². The zero-order valence-electron chi connectivity index (χ0n) is 12.9. The molecular formula is C18H18N4O. The Morgan fingerprint density at radius 3 is 2.65 bits per heavy atom. The molecule has 2 aromatic carbocycles. The monoisotopic (exact) mass is 306 g/mol. The van der Waals surface area contributed by atoms with Crippen LogP contribution in [0.3, 0.4) is 0 Å². The van der Waals surface area contributed by atoms with Gasteiger partial charge in [-0.25, -0.2) is 4.79 Å². The lowest BCUT2D eigenvalue weighted by molar-refractivity contribution is 0.254. The summed E-state index contributed by atoms with van der Waals surface area (Å²) in [5, 5.41) is 9.64. The van der Waals surface area contributed by atoms with Gasteiger partial charge in [0.2, 0.25) is 0 Å². The first kappa shape index (κ1) is 14.8. The van der Waals surface area contributed by atoms with E-state index >= 15 is 0 Å². The Hall–Kier alpha value is -3.08. The first-order valence-corrected chi connectivity index (χ1v) is 7.41. The molecule has 2 amide bonds. The van der Waals surface area contributed by atoms with E-state index in [0.717, 1.165) is 22.4 Å². The molecule has 116 valence electrons. The first-order valence-electron chi connectivity index (χ1n) is 7.41. The van der Waals surface area contributed by atoms with E-state index in [1.807, 2.05) is 53.3 Å². The Morgan fingerprint density at radius 1 is 1.13 bits per heavy atom. The summed E-state index contributed by atoms with van der Waals surface area (Å²) in [6.07, 6.45) is 3.68. The highest BCUT2D eigenvalue weighted by Gasteiger charge is 2.09. The molecule has 3 aromatic rings. The van der Waals surface area contributed by atoms with Crippen molar-refractivity contribution in [3.05, 3.63) is 72.6 Å². The van der Waals surface area contributed by atoms with Crippen LogP contribution in [0.25, 0.3) is 11.1 Å². The quantitative estimate of drug-likeness (QED) is 0.776. The smallest absolute Gasteiger partial charge is 0.318 e. The van der Waals surface area contributed by atoms with Gasteiger partial charge in [0, 0.05) is 25.1 Å². The highest BCUT2D eigenvalue weighted by atomic mass is 16.2. The van der Waals surface area contributed by atoms with Crippen molar-refractivity contribution in [3.8, 4) is 11.1 Å². The van der Waals surface area contributed by atoms with Gasteiger partial charge in [0.1, 0.15) is 0 Å². The average Bonchev–Trinajstić information content (AvgIpc) is 3.09. The van der Waals surface area contributed by atoms with Crippen LogP contribution in [0.5, 0.6) is 0 Å². The number of hydrogen-bond acceptors (Lipinski definition) is 2. The van der Waals surface area contributed by atoms with E-state index in [2.05, 4.69) is 27.9 Å². The van der Waals surface area contributed by atoms with Gasteiger partial charge in [-0.3, -0.25) is 4.68 Å². The molecule has 0 aliphatic heterocycles. The maximum absolute atomic E-state index is 11.5. The van der Waals surface area contributed by atoms with Crippen LogP contribution < -0.4 is 10.6 Å². The molecule has 0 aliphatic rings. The summed E-state index contributed by atoms with van der Waals surface area (Å²) in [4.78, 5) is 11.5. The van der Waals surface area contributed by atoms with Gasteiger partial charge < -0.3 is 10.6 Å². The lowest BCUT2D eigenvalue weighted by Crippen LogP contribution is -2.24. The van der Waals surface area contributed by atoms with Crippen molar-refractivity contribution >= 4 is 11.7 Å². The number of aromatic nitrogens is 2. The topological polar surface area (TPSA) is 59.0 Å². The third kappa shape index (κ3) is 3.58. The van der Waals surface area contributed by atoms with Crippen molar-refractivity contribution in [2.24, 2.45) is 0 Å². The number of benzene rings is 2. The Balaban J connectivity index is 1.99. The van der Waals surface area contributed by atoms with E-state index in [4.69, 9.17) is 0 Å². The number of nitrogens with one attached hydrogen (secondary N) is 2. The molecule has 0 aliphatic carbocycles. The van der Waals surface area contributed by atoms with Crippen molar-refractivity contribution in [2.45, 2.75) is 6.54 Å². The van der Waals surface area contributed by atoms with E-state index in [1.54, 1.807) is 13.2 Å². The lowest BCUT2D eigenvalue weighted by Gasteiger charge is -2.13. The minimum absolute atomic E-state index is 0.234. The molecule has 0 saturated heterocycles. The predicted molar refractivity (Wildman–Crippen MR) is 91.3 cm³/mol. The molecule has 0 atom stereocenters. The fourth-order valence-corrected chi connectivity index (χ4v) is 2.46. The van der Waals surface area contributed by atoms with Gasteiger partial charge >= 0.3 is 6.03 Å². The van der Waals surface area contributed by atoms with Crippen LogP contribution in [0, 0.1) is 0 Å². The number of amides is 2. The summed E-state index contributed by atoms with van der Waals surface area (Å²) in [6.45, 7) is 0.639. The number of anilines is 1.